The first-order valence-electron chi connectivity index (χ1n) is 4.73. The van der Waals surface area contributed by atoms with Crippen LogP contribution in [-0.4, -0.2) is 23.9 Å². The van der Waals surface area contributed by atoms with Gasteiger partial charge in [0.15, 0.2) is 5.82 Å². The second kappa shape index (κ2) is 4.81. The molecule has 2 heterocycles. The van der Waals surface area contributed by atoms with Crippen molar-refractivity contribution in [1.82, 2.24) is 9.97 Å². The molecule has 2 aromatic heterocycles. The van der Waals surface area contributed by atoms with Gasteiger partial charge in [-0.1, -0.05) is 0 Å². The van der Waals surface area contributed by atoms with Crippen molar-refractivity contribution in [3.63, 3.8) is 0 Å². The lowest BCUT2D eigenvalue weighted by atomic mass is 10.3. The average molecular weight is 375 g/mol. The van der Waals surface area contributed by atoms with Gasteiger partial charge in [0.1, 0.15) is 5.52 Å². The van der Waals surface area contributed by atoms with Crippen LogP contribution in [0.5, 0.6) is 5.88 Å². The highest BCUT2D eigenvalue weighted by atomic mass is 79.9. The van der Waals surface area contributed by atoms with Crippen LogP contribution in [0.25, 0.3) is 11.0 Å². The Bertz CT molecular complexity index is 779. The summed E-state index contributed by atoms with van der Waals surface area (Å²) in [5.74, 6) is -1.65. The summed E-state index contributed by atoms with van der Waals surface area (Å²) in [6.07, 6.45) is 0.876. The summed E-state index contributed by atoms with van der Waals surface area (Å²) in [5.41, 5.74) is -5.60. The Labute approximate surface area is 117 Å². The summed E-state index contributed by atoms with van der Waals surface area (Å²) in [7, 11) is -5.83. The Morgan fingerprint density at radius 1 is 1.25 bits per heavy atom. The Kier molecular flexibility index (Phi) is 3.58. The van der Waals surface area contributed by atoms with Gasteiger partial charge in [-0.2, -0.15) is 21.6 Å². The van der Waals surface area contributed by atoms with Crippen molar-refractivity contribution in [3.8, 4) is 5.88 Å². The Hall–Kier alpha value is -1.49. The Balaban J connectivity index is 2.51. The zero-order valence-corrected chi connectivity index (χ0v) is 11.6. The minimum Gasteiger partial charge on any atom is -0.355 e. The molecule has 2 rings (SSSR count). The quantitative estimate of drug-likeness (QED) is 0.459. The zero-order valence-electron chi connectivity index (χ0n) is 9.15. The van der Waals surface area contributed by atoms with Gasteiger partial charge in [-0.3, -0.25) is 4.98 Å². The normalized spacial score (nSPS) is 12.7. The standard InChI is InChI=1S/C9H3BrF4N2O3S/c10-7-4(11)3-15-5-1-2-6(16-8(5)7)19-20(17,18)9(12,13)14/h1-3H. The topological polar surface area (TPSA) is 69.2 Å². The van der Waals surface area contributed by atoms with Gasteiger partial charge >= 0.3 is 15.6 Å². The number of rotatable bonds is 2. The molecule has 5 nitrogen and oxygen atoms in total. The van der Waals surface area contributed by atoms with E-state index in [-0.39, 0.29) is 15.5 Å². The monoisotopic (exact) mass is 374 g/mol. The predicted molar refractivity (Wildman–Crippen MR) is 62.8 cm³/mol. The van der Waals surface area contributed by atoms with Crippen LogP contribution in [0.1, 0.15) is 0 Å². The summed E-state index contributed by atoms with van der Waals surface area (Å²) >= 11 is 2.83. The van der Waals surface area contributed by atoms with Crippen LogP contribution in [0.4, 0.5) is 17.6 Å². The zero-order chi connectivity index (χ0) is 15.1. The highest BCUT2D eigenvalue weighted by Gasteiger charge is 2.48. The molecule has 0 aromatic carbocycles. The number of nitrogens with zero attached hydrogens (tertiary/aromatic N) is 2. The van der Waals surface area contributed by atoms with E-state index in [9.17, 15) is 26.0 Å². The third kappa shape index (κ3) is 2.68. The van der Waals surface area contributed by atoms with E-state index in [4.69, 9.17) is 0 Å². The molecule has 0 spiro atoms. The summed E-state index contributed by atoms with van der Waals surface area (Å²) < 4.78 is 75.0. The molecule has 0 fully saturated rings. The molecular weight excluding hydrogens is 372 g/mol. The number of fused-ring (bicyclic) bond motifs is 1. The van der Waals surface area contributed by atoms with E-state index in [1.165, 1.54) is 0 Å². The summed E-state index contributed by atoms with van der Waals surface area (Å²) in [4.78, 5) is 7.12. The lowest BCUT2D eigenvalue weighted by Crippen LogP contribution is -2.28. The molecule has 0 saturated heterocycles. The molecule has 0 N–H and O–H groups in total. The van der Waals surface area contributed by atoms with E-state index in [1.54, 1.807) is 0 Å². The van der Waals surface area contributed by atoms with Crippen molar-refractivity contribution in [2.45, 2.75) is 5.51 Å². The van der Waals surface area contributed by atoms with E-state index in [1.807, 2.05) is 0 Å². The molecule has 0 saturated carbocycles. The van der Waals surface area contributed by atoms with Crippen molar-refractivity contribution in [2.75, 3.05) is 0 Å². The van der Waals surface area contributed by atoms with Gasteiger partial charge in [-0.25, -0.2) is 9.37 Å². The molecule has 0 bridgehead atoms. The summed E-state index contributed by atoms with van der Waals surface area (Å²) in [6, 6.07) is 2.02. The minimum atomic E-state index is -5.83. The number of pyridine rings is 2. The molecule has 20 heavy (non-hydrogen) atoms. The number of halogens is 5. The highest BCUT2D eigenvalue weighted by molar-refractivity contribution is 9.10. The van der Waals surface area contributed by atoms with Crippen LogP contribution in [0.2, 0.25) is 0 Å². The maximum Gasteiger partial charge on any atom is 0.534 e. The average Bonchev–Trinajstić information content (AvgIpc) is 2.32. The van der Waals surface area contributed by atoms with Gasteiger partial charge in [0, 0.05) is 6.07 Å². The molecule has 0 amide bonds. The van der Waals surface area contributed by atoms with Crippen LogP contribution >= 0.6 is 15.9 Å². The number of hydrogen-bond donors (Lipinski definition) is 0. The third-order valence-electron chi connectivity index (χ3n) is 2.06. The van der Waals surface area contributed by atoms with Crippen LogP contribution < -0.4 is 4.18 Å². The van der Waals surface area contributed by atoms with Gasteiger partial charge in [-0.15, -0.1) is 0 Å². The van der Waals surface area contributed by atoms with Gasteiger partial charge < -0.3 is 4.18 Å². The molecule has 11 heteroatoms. The number of alkyl halides is 3. The van der Waals surface area contributed by atoms with E-state index in [0.29, 0.717) is 0 Å². The lowest BCUT2D eigenvalue weighted by molar-refractivity contribution is -0.0501. The van der Waals surface area contributed by atoms with Crippen molar-refractivity contribution >= 4 is 37.1 Å². The van der Waals surface area contributed by atoms with Crippen molar-refractivity contribution in [3.05, 3.63) is 28.6 Å². The molecule has 0 radical (unpaired) electrons. The van der Waals surface area contributed by atoms with Crippen molar-refractivity contribution < 1.29 is 30.2 Å². The van der Waals surface area contributed by atoms with Gasteiger partial charge in [0.25, 0.3) is 0 Å². The molecular formula is C9H3BrF4N2O3S. The lowest BCUT2D eigenvalue weighted by Gasteiger charge is -2.09. The molecule has 108 valence electrons. The second-order valence-corrected chi connectivity index (χ2v) is 5.75. The first-order chi connectivity index (χ1) is 9.12. The highest BCUT2D eigenvalue weighted by Crippen LogP contribution is 2.29. The van der Waals surface area contributed by atoms with Crippen molar-refractivity contribution in [2.24, 2.45) is 0 Å². The van der Waals surface area contributed by atoms with E-state index in [2.05, 4.69) is 30.1 Å². The third-order valence-corrected chi connectivity index (χ3v) is 3.77. The fraction of sp³-hybridized carbons (Fsp3) is 0.111. The smallest absolute Gasteiger partial charge is 0.355 e. The van der Waals surface area contributed by atoms with Gasteiger partial charge in [-0.05, 0) is 22.0 Å². The molecule has 0 atom stereocenters. The maximum atomic E-state index is 13.2. The van der Waals surface area contributed by atoms with Crippen LogP contribution in [0, 0.1) is 5.82 Å². The molecule has 0 aliphatic heterocycles. The Morgan fingerprint density at radius 3 is 2.50 bits per heavy atom. The largest absolute Gasteiger partial charge is 0.534 e. The number of hydrogen-bond acceptors (Lipinski definition) is 5. The second-order valence-electron chi connectivity index (χ2n) is 3.42. The fourth-order valence-electron chi connectivity index (χ4n) is 1.20. The molecule has 0 aliphatic carbocycles. The first-order valence-corrected chi connectivity index (χ1v) is 6.93. The molecule has 0 aliphatic rings. The summed E-state index contributed by atoms with van der Waals surface area (Å²) in [6.45, 7) is 0. The number of aromatic nitrogens is 2. The van der Waals surface area contributed by atoms with E-state index < -0.39 is 27.3 Å². The Morgan fingerprint density at radius 2 is 1.90 bits per heavy atom. The van der Waals surface area contributed by atoms with Crippen LogP contribution in [-0.2, 0) is 10.1 Å². The molecule has 0 unspecified atom stereocenters. The fourth-order valence-corrected chi connectivity index (χ4v) is 2.01. The van der Waals surface area contributed by atoms with Gasteiger partial charge in [0.05, 0.1) is 16.2 Å². The van der Waals surface area contributed by atoms with Crippen molar-refractivity contribution in [1.29, 1.82) is 0 Å². The van der Waals surface area contributed by atoms with Gasteiger partial charge in [0.2, 0.25) is 5.88 Å². The van der Waals surface area contributed by atoms with Crippen LogP contribution in [0.15, 0.2) is 22.8 Å². The predicted octanol–water partition coefficient (Wildman–Crippen LogP) is 2.76. The van der Waals surface area contributed by atoms with E-state index in [0.717, 1.165) is 18.3 Å². The SMILES string of the molecule is O=S(=O)(Oc1ccc2ncc(F)c(Br)c2n1)C(F)(F)F. The maximum absolute atomic E-state index is 13.2. The minimum absolute atomic E-state index is 0.148. The first kappa shape index (κ1) is 14.9. The molecule has 2 aromatic rings. The summed E-state index contributed by atoms with van der Waals surface area (Å²) in [5, 5.41) is 0. The van der Waals surface area contributed by atoms with E-state index >= 15 is 0 Å². The van der Waals surface area contributed by atoms with Crippen LogP contribution in [0.3, 0.4) is 0 Å².